The summed E-state index contributed by atoms with van der Waals surface area (Å²) in [6.07, 6.45) is 0. The van der Waals surface area contributed by atoms with Gasteiger partial charge in [-0.25, -0.2) is 0 Å². The number of hydrogen-bond donors (Lipinski definition) is 0. The summed E-state index contributed by atoms with van der Waals surface area (Å²) in [5, 5.41) is 0. The zero-order valence-electron chi connectivity index (χ0n) is 9.43. The fraction of sp³-hybridized carbons (Fsp3) is 0.0769. The molecule has 0 spiro atoms. The number of benzene rings is 2. The predicted octanol–water partition coefficient (Wildman–Crippen LogP) is -4.16. The maximum Gasteiger partial charge on any atom is -1.00 e. The Kier molecular flexibility index (Phi) is 8.45. The summed E-state index contributed by atoms with van der Waals surface area (Å²) in [4.78, 5) is 0. The summed E-state index contributed by atoms with van der Waals surface area (Å²) < 4.78 is 2.92. The Bertz CT molecular complexity index is 539. The van der Waals surface area contributed by atoms with Crippen LogP contribution in [0, 0.1) is 0 Å². The molecule has 98 valence electrons. The van der Waals surface area contributed by atoms with Gasteiger partial charge in [-0.1, -0.05) is 0 Å². The first-order valence-electron chi connectivity index (χ1n) is 4.97. The second-order valence-corrected chi connectivity index (χ2v) is 7.15. The first-order chi connectivity index (χ1) is 7.66. The zero-order valence-corrected chi connectivity index (χ0v) is 17.3. The molecule has 0 saturated heterocycles. The molecule has 0 amide bonds. The van der Waals surface area contributed by atoms with Crippen molar-refractivity contribution >= 4 is 31.9 Å². The van der Waals surface area contributed by atoms with Crippen LogP contribution in [0.1, 0.15) is 14.8 Å². The van der Waals surface area contributed by atoms with Gasteiger partial charge in [0.2, 0.25) is 0 Å². The average molecular weight is 521 g/mol. The molecule has 6 heteroatoms. The maximum atomic E-state index is 3.55. The van der Waals surface area contributed by atoms with Crippen molar-refractivity contribution in [3.8, 4) is 11.1 Å². The van der Waals surface area contributed by atoms with E-state index in [0.717, 1.165) is 0 Å². The number of rotatable bonds is 0. The molecular formula is C13H7Br2Cl3Zr. The Morgan fingerprint density at radius 1 is 0.737 bits per heavy atom. The van der Waals surface area contributed by atoms with Gasteiger partial charge >= 0.3 is 128 Å². The van der Waals surface area contributed by atoms with Gasteiger partial charge in [0.15, 0.2) is 0 Å². The molecule has 0 aliphatic heterocycles. The van der Waals surface area contributed by atoms with Crippen LogP contribution in [0.5, 0.6) is 0 Å². The second-order valence-electron chi connectivity index (χ2n) is 3.90. The van der Waals surface area contributed by atoms with Gasteiger partial charge in [-0.2, -0.15) is 0 Å². The van der Waals surface area contributed by atoms with Crippen molar-refractivity contribution in [2.45, 2.75) is 3.63 Å². The molecule has 0 unspecified atom stereocenters. The maximum absolute atomic E-state index is 3.55. The van der Waals surface area contributed by atoms with Crippen molar-refractivity contribution in [1.82, 2.24) is 0 Å². The quantitative estimate of drug-likeness (QED) is 0.331. The van der Waals surface area contributed by atoms with Crippen LogP contribution in [0.3, 0.4) is 0 Å². The number of fused-ring (bicyclic) bond motifs is 3. The molecule has 19 heavy (non-hydrogen) atoms. The summed E-state index contributed by atoms with van der Waals surface area (Å²) in [7, 11) is 0. The fourth-order valence-electron chi connectivity index (χ4n) is 2.20. The van der Waals surface area contributed by atoms with Crippen molar-refractivity contribution in [2.24, 2.45) is 0 Å². The van der Waals surface area contributed by atoms with Crippen molar-refractivity contribution in [2.75, 3.05) is 0 Å². The van der Waals surface area contributed by atoms with Gasteiger partial charge in [0.1, 0.15) is 0 Å². The molecular weight excluding hydrogens is 514 g/mol. The molecule has 2 aromatic carbocycles. The smallest absolute Gasteiger partial charge is 1.00 e. The summed E-state index contributed by atoms with van der Waals surface area (Å²) in [6.45, 7) is 0. The topological polar surface area (TPSA) is 0 Å². The molecule has 1 aliphatic rings. The Labute approximate surface area is 163 Å². The van der Waals surface area contributed by atoms with Crippen molar-refractivity contribution < 1.29 is 61.9 Å². The molecule has 0 saturated carbocycles. The Balaban J connectivity index is 0.00000108. The SMILES string of the molecule is Brc1ccc2c(c1)[CH]([Zr+3])c1cc(Br)ccc1-2.[Cl-].[Cl-].[Cl-]. The summed E-state index contributed by atoms with van der Waals surface area (Å²) >= 11 is 8.65. The van der Waals surface area contributed by atoms with Crippen LogP contribution in [0.25, 0.3) is 11.1 Å². The van der Waals surface area contributed by atoms with Crippen molar-refractivity contribution in [1.29, 1.82) is 0 Å². The first-order valence-corrected chi connectivity index (χ1v) is 7.98. The minimum atomic E-state index is 0. The third-order valence-electron chi connectivity index (χ3n) is 2.94. The molecule has 0 radical (unpaired) electrons. The molecule has 0 bridgehead atoms. The molecule has 0 nitrogen and oxygen atoms in total. The van der Waals surface area contributed by atoms with E-state index < -0.39 is 0 Å². The van der Waals surface area contributed by atoms with Gasteiger partial charge in [-0.05, 0) is 0 Å². The van der Waals surface area contributed by atoms with Gasteiger partial charge in [-0.3, -0.25) is 0 Å². The second kappa shape index (κ2) is 7.96. The molecule has 1 aliphatic carbocycles. The van der Waals surface area contributed by atoms with Crippen LogP contribution in [0.2, 0.25) is 0 Å². The van der Waals surface area contributed by atoms with Gasteiger partial charge in [-0.15, -0.1) is 0 Å². The first kappa shape index (κ1) is 20.2. The van der Waals surface area contributed by atoms with Crippen LogP contribution in [-0.2, 0) is 24.7 Å². The van der Waals surface area contributed by atoms with E-state index in [2.05, 4.69) is 68.3 Å². The van der Waals surface area contributed by atoms with Crippen molar-refractivity contribution in [3.63, 3.8) is 0 Å². The number of hydrogen-bond acceptors (Lipinski definition) is 0. The zero-order chi connectivity index (χ0) is 11.3. The van der Waals surface area contributed by atoms with E-state index >= 15 is 0 Å². The number of halogens is 5. The van der Waals surface area contributed by atoms with Crippen LogP contribution >= 0.6 is 31.9 Å². The molecule has 0 N–H and O–H groups in total. The summed E-state index contributed by atoms with van der Waals surface area (Å²) in [5.41, 5.74) is 5.71. The summed E-state index contributed by atoms with van der Waals surface area (Å²) in [5.74, 6) is 0. The monoisotopic (exact) mass is 516 g/mol. The van der Waals surface area contributed by atoms with Crippen LogP contribution in [0.15, 0.2) is 45.3 Å². The summed E-state index contributed by atoms with van der Waals surface area (Å²) in [6, 6.07) is 13.2. The molecule has 0 aromatic heterocycles. The van der Waals surface area contributed by atoms with Crippen molar-refractivity contribution in [3.05, 3.63) is 56.5 Å². The third-order valence-corrected chi connectivity index (χ3v) is 5.45. The molecule has 0 heterocycles. The molecule has 3 rings (SSSR count). The predicted molar refractivity (Wildman–Crippen MR) is 69.1 cm³/mol. The van der Waals surface area contributed by atoms with Gasteiger partial charge < -0.3 is 37.2 Å². The third kappa shape index (κ3) is 3.68. The minimum absolute atomic E-state index is 0. The molecule has 2 aromatic rings. The van der Waals surface area contributed by atoms with E-state index in [1.165, 1.54) is 31.2 Å². The Morgan fingerprint density at radius 2 is 1.11 bits per heavy atom. The van der Waals surface area contributed by atoms with E-state index in [1.54, 1.807) is 24.7 Å². The Hall–Kier alpha value is 1.15. The normalized spacial score (nSPS) is 11.6. The average Bonchev–Trinajstić information content (AvgIpc) is 2.53. The van der Waals surface area contributed by atoms with Crippen LogP contribution < -0.4 is 37.2 Å². The fourth-order valence-corrected chi connectivity index (χ4v) is 4.13. The van der Waals surface area contributed by atoms with Gasteiger partial charge in [0.25, 0.3) is 0 Å². The van der Waals surface area contributed by atoms with E-state index in [9.17, 15) is 0 Å². The largest absolute Gasteiger partial charge is 1.00 e. The minimum Gasteiger partial charge on any atom is -1.00 e. The van der Waals surface area contributed by atoms with E-state index in [1.807, 2.05) is 0 Å². The van der Waals surface area contributed by atoms with Gasteiger partial charge in [0.05, 0.1) is 0 Å². The van der Waals surface area contributed by atoms with Gasteiger partial charge in [0, 0.05) is 0 Å². The van der Waals surface area contributed by atoms with E-state index in [0.29, 0.717) is 3.63 Å². The standard InChI is InChI=1S/C13H7Br2.3ClH.Zr/c14-10-1-3-12-8(6-10)5-9-7-11(15)2-4-13(9)12;;;;/h1-7H;3*1H;/q;;;;+3/p-3. The van der Waals surface area contributed by atoms with Crippen LogP contribution in [0.4, 0.5) is 0 Å². The van der Waals surface area contributed by atoms with E-state index in [-0.39, 0.29) is 37.2 Å². The van der Waals surface area contributed by atoms with Crippen LogP contribution in [-0.4, -0.2) is 0 Å². The van der Waals surface area contributed by atoms with E-state index in [4.69, 9.17) is 0 Å². The Morgan fingerprint density at radius 3 is 1.47 bits per heavy atom. The molecule has 0 atom stereocenters. The molecule has 0 fully saturated rings.